The molecule has 0 aliphatic carbocycles. The molecule has 0 aromatic carbocycles. The van der Waals surface area contributed by atoms with Crippen molar-refractivity contribution in [1.29, 1.82) is 0 Å². The lowest BCUT2D eigenvalue weighted by atomic mass is 10.0. The molecule has 0 N–H and O–H groups in total. The highest BCUT2D eigenvalue weighted by Gasteiger charge is 2.26. The SMILES string of the molecule is CC.CC.CC1CN(Cc2cccc(C(=O)N3CCC(C)C3)n2)C1. The Balaban J connectivity index is 0.000000671. The van der Waals surface area contributed by atoms with E-state index < -0.39 is 0 Å². The molecule has 1 unspecified atom stereocenters. The number of carbonyl (C=O) groups is 1. The van der Waals surface area contributed by atoms with Crippen LogP contribution in [0.3, 0.4) is 0 Å². The van der Waals surface area contributed by atoms with E-state index >= 15 is 0 Å². The molecule has 0 saturated carbocycles. The second-order valence-electron chi connectivity index (χ2n) is 6.46. The molecule has 2 aliphatic heterocycles. The van der Waals surface area contributed by atoms with Crippen LogP contribution in [-0.4, -0.2) is 46.9 Å². The molecule has 0 spiro atoms. The topological polar surface area (TPSA) is 36.4 Å². The van der Waals surface area contributed by atoms with Crippen molar-refractivity contribution in [2.75, 3.05) is 26.2 Å². The van der Waals surface area contributed by atoms with E-state index in [0.29, 0.717) is 11.6 Å². The molecule has 1 atom stereocenters. The highest BCUT2D eigenvalue weighted by Crippen LogP contribution is 2.19. The quantitative estimate of drug-likeness (QED) is 0.836. The smallest absolute Gasteiger partial charge is 0.272 e. The number of likely N-dealkylation sites (tertiary alicyclic amines) is 2. The standard InChI is InChI=1S/C16H23N3O.2C2H6/c1-12-6-7-19(10-12)16(20)15-5-3-4-14(17-15)11-18-8-13(2)9-18;2*1-2/h3-5,12-13H,6-11H2,1-2H3;2*1-2H3. The summed E-state index contributed by atoms with van der Waals surface area (Å²) in [6.07, 6.45) is 1.11. The molecule has 2 aliphatic rings. The van der Waals surface area contributed by atoms with E-state index in [9.17, 15) is 4.79 Å². The average Bonchev–Trinajstić information content (AvgIpc) is 3.03. The van der Waals surface area contributed by atoms with Gasteiger partial charge in [0.15, 0.2) is 0 Å². The third kappa shape index (κ3) is 5.59. The summed E-state index contributed by atoms with van der Waals surface area (Å²) in [6.45, 7) is 17.3. The van der Waals surface area contributed by atoms with Crippen LogP contribution in [0.4, 0.5) is 0 Å². The first kappa shape index (κ1) is 20.6. The van der Waals surface area contributed by atoms with E-state index in [0.717, 1.165) is 50.8 Å². The lowest BCUT2D eigenvalue weighted by molar-refractivity contribution is 0.0779. The van der Waals surface area contributed by atoms with Gasteiger partial charge in [-0.3, -0.25) is 9.69 Å². The Kier molecular flexibility index (Phi) is 8.98. The first-order valence-corrected chi connectivity index (χ1v) is 9.59. The van der Waals surface area contributed by atoms with Gasteiger partial charge in [0.25, 0.3) is 5.91 Å². The van der Waals surface area contributed by atoms with Gasteiger partial charge in [0.1, 0.15) is 5.69 Å². The summed E-state index contributed by atoms with van der Waals surface area (Å²) < 4.78 is 0. The first-order chi connectivity index (χ1) is 11.6. The Morgan fingerprint density at radius 1 is 1.08 bits per heavy atom. The van der Waals surface area contributed by atoms with Crippen LogP contribution in [0.25, 0.3) is 0 Å². The summed E-state index contributed by atoms with van der Waals surface area (Å²) in [4.78, 5) is 21.3. The molecule has 0 bridgehead atoms. The number of nitrogens with zero attached hydrogens (tertiary/aromatic N) is 3. The number of amides is 1. The lowest BCUT2D eigenvalue weighted by Crippen LogP contribution is -2.44. The molecule has 4 heteroatoms. The van der Waals surface area contributed by atoms with E-state index in [1.165, 1.54) is 0 Å². The summed E-state index contributed by atoms with van der Waals surface area (Å²) in [7, 11) is 0. The van der Waals surface area contributed by atoms with Crippen molar-refractivity contribution in [1.82, 2.24) is 14.8 Å². The van der Waals surface area contributed by atoms with E-state index in [-0.39, 0.29) is 5.91 Å². The number of aromatic nitrogens is 1. The van der Waals surface area contributed by atoms with Gasteiger partial charge in [-0.1, -0.05) is 47.6 Å². The second-order valence-corrected chi connectivity index (χ2v) is 6.46. The molecular formula is C20H35N3O. The van der Waals surface area contributed by atoms with Crippen molar-refractivity contribution in [2.24, 2.45) is 11.8 Å². The van der Waals surface area contributed by atoms with Crippen LogP contribution in [0.15, 0.2) is 18.2 Å². The molecule has 24 heavy (non-hydrogen) atoms. The van der Waals surface area contributed by atoms with E-state index in [1.807, 2.05) is 50.8 Å². The highest BCUT2D eigenvalue weighted by molar-refractivity contribution is 5.92. The Bertz CT molecular complexity index is 497. The van der Waals surface area contributed by atoms with Crippen LogP contribution in [0.1, 0.15) is 64.1 Å². The molecule has 1 aromatic rings. The summed E-state index contributed by atoms with van der Waals surface area (Å²) in [5, 5.41) is 0. The predicted molar refractivity (Wildman–Crippen MR) is 101 cm³/mol. The molecule has 1 aromatic heterocycles. The third-order valence-corrected chi connectivity index (χ3v) is 4.26. The van der Waals surface area contributed by atoms with Gasteiger partial charge in [-0.05, 0) is 30.4 Å². The zero-order chi connectivity index (χ0) is 18.1. The van der Waals surface area contributed by atoms with Crippen molar-refractivity contribution >= 4 is 5.91 Å². The molecule has 1 amide bonds. The fourth-order valence-corrected chi connectivity index (χ4v) is 3.15. The first-order valence-electron chi connectivity index (χ1n) is 9.59. The van der Waals surface area contributed by atoms with Gasteiger partial charge in [-0.15, -0.1) is 0 Å². The van der Waals surface area contributed by atoms with E-state index in [2.05, 4.69) is 23.7 Å². The van der Waals surface area contributed by atoms with E-state index in [4.69, 9.17) is 0 Å². The number of hydrogen-bond donors (Lipinski definition) is 0. The monoisotopic (exact) mass is 333 g/mol. The van der Waals surface area contributed by atoms with Crippen molar-refractivity contribution < 1.29 is 4.79 Å². The molecular weight excluding hydrogens is 298 g/mol. The van der Waals surface area contributed by atoms with Crippen molar-refractivity contribution in [3.63, 3.8) is 0 Å². The van der Waals surface area contributed by atoms with Crippen LogP contribution in [0.2, 0.25) is 0 Å². The van der Waals surface area contributed by atoms with Gasteiger partial charge < -0.3 is 4.90 Å². The minimum absolute atomic E-state index is 0.0909. The molecule has 4 nitrogen and oxygen atoms in total. The van der Waals surface area contributed by atoms with Gasteiger partial charge in [0.05, 0.1) is 5.69 Å². The van der Waals surface area contributed by atoms with Crippen LogP contribution in [0, 0.1) is 11.8 Å². The maximum atomic E-state index is 12.4. The molecule has 136 valence electrons. The largest absolute Gasteiger partial charge is 0.337 e. The van der Waals surface area contributed by atoms with Crippen molar-refractivity contribution in [3.05, 3.63) is 29.6 Å². The highest BCUT2D eigenvalue weighted by atomic mass is 16.2. The summed E-state index contributed by atoms with van der Waals surface area (Å²) >= 11 is 0. The maximum absolute atomic E-state index is 12.4. The normalized spacial score (nSPS) is 20.4. The van der Waals surface area contributed by atoms with Crippen molar-refractivity contribution in [2.45, 2.75) is 54.5 Å². The van der Waals surface area contributed by atoms with Crippen molar-refractivity contribution in [3.8, 4) is 0 Å². The molecule has 0 radical (unpaired) electrons. The predicted octanol–water partition coefficient (Wildman–Crippen LogP) is 4.07. The molecule has 3 rings (SSSR count). The second kappa shape index (κ2) is 10.4. The fourth-order valence-electron chi connectivity index (χ4n) is 3.15. The molecule has 3 heterocycles. The van der Waals surface area contributed by atoms with Crippen LogP contribution in [0.5, 0.6) is 0 Å². The summed E-state index contributed by atoms with van der Waals surface area (Å²) in [6, 6.07) is 5.82. The van der Waals surface area contributed by atoms with Gasteiger partial charge >= 0.3 is 0 Å². The van der Waals surface area contributed by atoms with Crippen LogP contribution < -0.4 is 0 Å². The maximum Gasteiger partial charge on any atom is 0.272 e. The Morgan fingerprint density at radius 2 is 1.75 bits per heavy atom. The van der Waals surface area contributed by atoms with Gasteiger partial charge in [-0.25, -0.2) is 4.98 Å². The van der Waals surface area contributed by atoms with Gasteiger partial charge in [0, 0.05) is 32.7 Å². The molecule has 2 fully saturated rings. The fraction of sp³-hybridized carbons (Fsp3) is 0.700. The number of hydrogen-bond acceptors (Lipinski definition) is 3. The third-order valence-electron chi connectivity index (χ3n) is 4.26. The Hall–Kier alpha value is -1.42. The van der Waals surface area contributed by atoms with E-state index in [1.54, 1.807) is 0 Å². The summed E-state index contributed by atoms with van der Waals surface area (Å²) in [5.74, 6) is 1.50. The Morgan fingerprint density at radius 3 is 2.29 bits per heavy atom. The zero-order valence-electron chi connectivity index (χ0n) is 16.4. The van der Waals surface area contributed by atoms with Crippen LogP contribution in [-0.2, 0) is 6.54 Å². The average molecular weight is 334 g/mol. The molecule has 2 saturated heterocycles. The minimum atomic E-state index is 0.0909. The summed E-state index contributed by atoms with van der Waals surface area (Å²) in [5.41, 5.74) is 1.61. The van der Waals surface area contributed by atoms with Gasteiger partial charge in [0.2, 0.25) is 0 Å². The minimum Gasteiger partial charge on any atom is -0.337 e. The zero-order valence-corrected chi connectivity index (χ0v) is 16.4. The van der Waals surface area contributed by atoms with Crippen LogP contribution >= 0.6 is 0 Å². The number of carbonyl (C=O) groups excluding carboxylic acids is 1. The Labute approximate surface area is 148 Å². The number of pyridine rings is 1. The lowest BCUT2D eigenvalue weighted by Gasteiger charge is -2.36. The number of rotatable bonds is 3. The van der Waals surface area contributed by atoms with Gasteiger partial charge in [-0.2, -0.15) is 0 Å².